The fraction of sp³-hybridized carbons (Fsp3) is 0.527. The Balaban J connectivity index is 4.56. The van der Waals surface area contributed by atoms with E-state index in [2.05, 4.69) is 215 Å². The van der Waals surface area contributed by atoms with Gasteiger partial charge in [-0.25, -0.2) is 0 Å². The smallest absolute Gasteiger partial charge is 0.306 e. The maximum Gasteiger partial charge on any atom is 0.306 e. The van der Waals surface area contributed by atoms with E-state index < -0.39 is 12.1 Å². The molecule has 444 valence electrons. The fourth-order valence-electron chi connectivity index (χ4n) is 7.67. The monoisotopic (exact) mass is 1100 g/mol. The lowest BCUT2D eigenvalue weighted by Crippen LogP contribution is -2.30. The molecule has 0 rings (SSSR count). The molecule has 0 aliphatic carbocycles. The molecule has 0 aromatic rings. The lowest BCUT2D eigenvalue weighted by molar-refractivity contribution is -0.167. The van der Waals surface area contributed by atoms with E-state index in [1.807, 2.05) is 0 Å². The highest BCUT2D eigenvalue weighted by Crippen LogP contribution is 2.12. The third kappa shape index (κ3) is 63.1. The lowest BCUT2D eigenvalue weighted by Gasteiger charge is -2.18. The van der Waals surface area contributed by atoms with Crippen molar-refractivity contribution in [2.75, 3.05) is 13.2 Å². The van der Waals surface area contributed by atoms with Gasteiger partial charge in [-0.3, -0.25) is 14.4 Å². The summed E-state index contributed by atoms with van der Waals surface area (Å²) in [5.74, 6) is -1.06. The van der Waals surface area contributed by atoms with E-state index in [1.165, 1.54) is 32.1 Å². The molecule has 0 aromatic carbocycles. The van der Waals surface area contributed by atoms with Crippen molar-refractivity contribution in [3.05, 3.63) is 194 Å². The average Bonchev–Trinajstić information content (AvgIpc) is 3.46. The molecule has 0 fully saturated rings. The van der Waals surface area contributed by atoms with Gasteiger partial charge in [0.2, 0.25) is 0 Å². The number of esters is 3. The Hall–Kier alpha value is -5.75. The lowest BCUT2D eigenvalue weighted by atomic mass is 10.1. The van der Waals surface area contributed by atoms with Crippen molar-refractivity contribution < 1.29 is 28.6 Å². The van der Waals surface area contributed by atoms with E-state index in [1.54, 1.807) is 0 Å². The van der Waals surface area contributed by atoms with E-state index in [9.17, 15) is 14.4 Å². The summed E-state index contributed by atoms with van der Waals surface area (Å²) in [4.78, 5) is 38.2. The summed E-state index contributed by atoms with van der Waals surface area (Å²) in [6.45, 7) is 6.27. The third-order valence-corrected chi connectivity index (χ3v) is 12.3. The van der Waals surface area contributed by atoms with Crippen LogP contribution in [0.1, 0.15) is 233 Å². The highest BCUT2D eigenvalue weighted by Gasteiger charge is 2.19. The molecule has 0 aliphatic rings. The minimum absolute atomic E-state index is 0.130. The Bertz CT molecular complexity index is 1930. The number of hydrogen-bond donors (Lipinski definition) is 0. The average molecular weight is 1100 g/mol. The molecule has 0 heterocycles. The molecule has 80 heavy (non-hydrogen) atoms. The molecular formula is C74H112O6. The first-order valence-electron chi connectivity index (χ1n) is 31.4. The molecule has 0 spiro atoms. The number of unbranched alkanes of at least 4 members (excludes halogenated alkanes) is 11. The summed E-state index contributed by atoms with van der Waals surface area (Å²) in [6, 6.07) is 0. The van der Waals surface area contributed by atoms with Gasteiger partial charge in [0, 0.05) is 19.3 Å². The number of ether oxygens (including phenoxy) is 3. The maximum atomic E-state index is 12.9. The highest BCUT2D eigenvalue weighted by atomic mass is 16.6. The number of carbonyl (C=O) groups is 3. The Morgan fingerprint density at radius 2 is 0.500 bits per heavy atom. The first-order valence-corrected chi connectivity index (χ1v) is 31.4. The van der Waals surface area contributed by atoms with Crippen molar-refractivity contribution in [3.8, 4) is 0 Å². The summed E-state index contributed by atoms with van der Waals surface area (Å²) in [5, 5.41) is 0. The first kappa shape index (κ1) is 74.2. The summed E-state index contributed by atoms with van der Waals surface area (Å²) in [6.07, 6.45) is 100. The Morgan fingerprint density at radius 3 is 0.838 bits per heavy atom. The zero-order valence-electron chi connectivity index (χ0n) is 50.8. The van der Waals surface area contributed by atoms with Crippen LogP contribution in [-0.2, 0) is 28.6 Å². The zero-order chi connectivity index (χ0) is 57.8. The van der Waals surface area contributed by atoms with Crippen molar-refractivity contribution >= 4 is 17.9 Å². The van der Waals surface area contributed by atoms with Crippen LogP contribution in [0.4, 0.5) is 0 Å². The molecule has 0 radical (unpaired) electrons. The molecule has 0 amide bonds. The van der Waals surface area contributed by atoms with Crippen molar-refractivity contribution in [2.45, 2.75) is 239 Å². The van der Waals surface area contributed by atoms with Crippen LogP contribution in [0.25, 0.3) is 0 Å². The van der Waals surface area contributed by atoms with E-state index >= 15 is 0 Å². The molecule has 0 saturated carbocycles. The summed E-state index contributed by atoms with van der Waals surface area (Å²) in [7, 11) is 0. The molecule has 1 unspecified atom stereocenters. The van der Waals surface area contributed by atoms with Crippen molar-refractivity contribution in [1.29, 1.82) is 0 Å². The fourth-order valence-corrected chi connectivity index (χ4v) is 7.67. The van der Waals surface area contributed by atoms with Gasteiger partial charge in [0.1, 0.15) is 13.2 Å². The van der Waals surface area contributed by atoms with Crippen LogP contribution in [0.3, 0.4) is 0 Å². The van der Waals surface area contributed by atoms with Gasteiger partial charge < -0.3 is 14.2 Å². The van der Waals surface area contributed by atoms with Crippen LogP contribution >= 0.6 is 0 Å². The van der Waals surface area contributed by atoms with Crippen LogP contribution < -0.4 is 0 Å². The van der Waals surface area contributed by atoms with E-state index in [0.29, 0.717) is 19.3 Å². The van der Waals surface area contributed by atoms with Gasteiger partial charge in [-0.15, -0.1) is 0 Å². The molecule has 0 N–H and O–H groups in total. The van der Waals surface area contributed by atoms with Crippen LogP contribution in [0.2, 0.25) is 0 Å². The predicted octanol–water partition coefficient (Wildman–Crippen LogP) is 21.8. The Labute approximate surface area is 490 Å². The number of allylic oxidation sites excluding steroid dienone is 32. The Kier molecular flexibility index (Phi) is 61.0. The minimum Gasteiger partial charge on any atom is -0.462 e. The normalized spacial score (nSPS) is 13.5. The van der Waals surface area contributed by atoms with Crippen molar-refractivity contribution in [3.63, 3.8) is 0 Å². The second-order valence-corrected chi connectivity index (χ2v) is 19.8. The molecule has 6 heteroatoms. The summed E-state index contributed by atoms with van der Waals surface area (Å²) in [5.41, 5.74) is 0. The van der Waals surface area contributed by atoms with Gasteiger partial charge in [-0.05, 0) is 161 Å². The second-order valence-electron chi connectivity index (χ2n) is 19.8. The maximum absolute atomic E-state index is 12.9. The van der Waals surface area contributed by atoms with E-state index in [4.69, 9.17) is 14.2 Å². The minimum atomic E-state index is -0.843. The highest BCUT2D eigenvalue weighted by molar-refractivity contribution is 5.71. The van der Waals surface area contributed by atoms with Crippen molar-refractivity contribution in [1.82, 2.24) is 0 Å². The zero-order valence-corrected chi connectivity index (χ0v) is 50.8. The molecule has 0 bridgehead atoms. The molecule has 1 atom stereocenters. The van der Waals surface area contributed by atoms with Crippen LogP contribution in [0.5, 0.6) is 0 Å². The summed E-state index contributed by atoms with van der Waals surface area (Å²) < 4.78 is 16.8. The number of hydrogen-bond acceptors (Lipinski definition) is 6. The number of carbonyl (C=O) groups excluding carboxylic acids is 3. The first-order chi connectivity index (χ1) is 39.5. The molecule has 0 aromatic heterocycles. The Morgan fingerprint density at radius 1 is 0.263 bits per heavy atom. The SMILES string of the molecule is CC/C=C\C/C=C\C/C=C\C/C=C\C/C=C\C/C=C\C/C=C\C/C=C\CCCCC(=O)OCC(COC(=O)CCCCCCC/C=C\CCCCC)OC(=O)CCC/C=C\C/C=C\C/C=C\C/C=C\C/C=C\C/C=C\C/C=C\CC. The standard InChI is InChI=1S/C74H112O6/c1-4-7-10-13-16-19-22-25-27-29-31-33-35-36-37-38-40-41-43-45-47-49-52-55-58-61-64-67-73(76)79-70-71(69-78-72(75)66-63-60-57-54-51-24-21-18-15-12-9-6-3)80-74(77)68-65-62-59-56-53-50-48-46-44-42-39-34-32-30-28-26-23-20-17-14-11-8-5-2/h7-8,10-11,16-21,25-28,31-34,36-37,40-42,44-45,47-48,50,52,55-56,59,71H,4-6,9,12-15,22-24,29-30,35,38-39,43,46,49,51,53-54,57-58,60-70H2,1-3H3/b10-7-,11-8-,19-16-,20-17-,21-18-,27-25-,28-26-,33-31-,34-32-,37-36-,41-40-,44-42-,47-45-,50-48-,55-52-,59-56-. The number of rotatable bonds is 54. The second kappa shape index (κ2) is 65.8. The van der Waals surface area contributed by atoms with Gasteiger partial charge >= 0.3 is 17.9 Å². The molecular weight excluding hydrogens is 985 g/mol. The van der Waals surface area contributed by atoms with Crippen LogP contribution in [0, 0.1) is 0 Å². The molecule has 6 nitrogen and oxygen atoms in total. The molecule has 0 aliphatic heterocycles. The third-order valence-electron chi connectivity index (χ3n) is 12.3. The van der Waals surface area contributed by atoms with E-state index in [-0.39, 0.29) is 38.0 Å². The van der Waals surface area contributed by atoms with Crippen LogP contribution in [0.15, 0.2) is 194 Å². The topological polar surface area (TPSA) is 78.9 Å². The predicted molar refractivity (Wildman–Crippen MR) is 347 cm³/mol. The van der Waals surface area contributed by atoms with Crippen molar-refractivity contribution in [2.24, 2.45) is 0 Å². The molecule has 0 saturated heterocycles. The van der Waals surface area contributed by atoms with Gasteiger partial charge in [0.25, 0.3) is 0 Å². The van der Waals surface area contributed by atoms with Gasteiger partial charge in [-0.1, -0.05) is 247 Å². The van der Waals surface area contributed by atoms with Gasteiger partial charge in [0.15, 0.2) is 6.10 Å². The largest absolute Gasteiger partial charge is 0.462 e. The van der Waals surface area contributed by atoms with Gasteiger partial charge in [0.05, 0.1) is 0 Å². The van der Waals surface area contributed by atoms with Crippen LogP contribution in [-0.4, -0.2) is 37.2 Å². The van der Waals surface area contributed by atoms with E-state index in [0.717, 1.165) is 148 Å². The summed E-state index contributed by atoms with van der Waals surface area (Å²) >= 11 is 0. The van der Waals surface area contributed by atoms with Gasteiger partial charge in [-0.2, -0.15) is 0 Å². The quantitative estimate of drug-likeness (QED) is 0.0261.